The zero-order chi connectivity index (χ0) is 13.0. The Kier molecular flexibility index (Phi) is 4.60. The molecule has 1 N–H and O–H groups in total. The van der Waals surface area contributed by atoms with Crippen molar-refractivity contribution in [3.05, 3.63) is 28.7 Å². The molecule has 1 saturated heterocycles. The molecule has 2 rings (SSSR count). The van der Waals surface area contributed by atoms with E-state index >= 15 is 0 Å². The normalized spacial score (nSPS) is 19.3. The van der Waals surface area contributed by atoms with Crippen molar-refractivity contribution in [3.8, 4) is 5.75 Å². The third kappa shape index (κ3) is 3.46. The van der Waals surface area contributed by atoms with Gasteiger partial charge in [0, 0.05) is 30.0 Å². The molecule has 0 spiro atoms. The molecule has 1 unspecified atom stereocenters. The minimum Gasteiger partial charge on any atom is -0.492 e. The Morgan fingerprint density at radius 3 is 2.72 bits per heavy atom. The zero-order valence-electron chi connectivity index (χ0n) is 10.0. The Balaban J connectivity index is 1.75. The highest BCUT2D eigenvalue weighted by Gasteiger charge is 2.28. The van der Waals surface area contributed by atoms with Crippen LogP contribution in [0.5, 0.6) is 5.75 Å². The maximum absolute atomic E-state index is 11.6. The van der Waals surface area contributed by atoms with E-state index in [9.17, 15) is 4.79 Å². The number of ether oxygens (including phenoxy) is 1. The van der Waals surface area contributed by atoms with Gasteiger partial charge in [-0.25, -0.2) is 0 Å². The maximum Gasteiger partial charge on any atom is 0.223 e. The number of aliphatic hydroxyl groups excluding tert-OH is 1. The zero-order valence-corrected chi connectivity index (χ0v) is 11.6. The molecule has 1 aliphatic rings. The molecule has 1 heterocycles. The molecule has 18 heavy (non-hydrogen) atoms. The summed E-state index contributed by atoms with van der Waals surface area (Å²) in [5.41, 5.74) is 0. The highest BCUT2D eigenvalue weighted by molar-refractivity contribution is 9.10. The van der Waals surface area contributed by atoms with Gasteiger partial charge in [-0.3, -0.25) is 4.79 Å². The molecule has 0 radical (unpaired) electrons. The Bertz CT molecular complexity index is 407. The Labute approximate surface area is 115 Å². The molecular weight excluding hydrogens is 298 g/mol. The lowest BCUT2D eigenvalue weighted by atomic mass is 10.1. The van der Waals surface area contributed by atoms with Crippen molar-refractivity contribution in [2.75, 3.05) is 26.3 Å². The minimum atomic E-state index is 0.0792. The van der Waals surface area contributed by atoms with Crippen LogP contribution in [0.15, 0.2) is 28.7 Å². The van der Waals surface area contributed by atoms with Crippen LogP contribution >= 0.6 is 15.9 Å². The number of rotatable bonds is 5. The lowest BCUT2D eigenvalue weighted by Crippen LogP contribution is -2.30. The van der Waals surface area contributed by atoms with Gasteiger partial charge in [-0.15, -0.1) is 0 Å². The Morgan fingerprint density at radius 1 is 1.39 bits per heavy atom. The van der Waals surface area contributed by atoms with Gasteiger partial charge in [0.15, 0.2) is 0 Å². The van der Waals surface area contributed by atoms with Crippen molar-refractivity contribution in [3.63, 3.8) is 0 Å². The van der Waals surface area contributed by atoms with Gasteiger partial charge in [0.25, 0.3) is 0 Å². The summed E-state index contributed by atoms with van der Waals surface area (Å²) in [7, 11) is 0. The molecule has 0 aliphatic carbocycles. The molecule has 1 fully saturated rings. The van der Waals surface area contributed by atoms with E-state index in [1.807, 2.05) is 24.3 Å². The fourth-order valence-electron chi connectivity index (χ4n) is 2.00. The van der Waals surface area contributed by atoms with Crippen LogP contribution in [0.3, 0.4) is 0 Å². The standard InChI is InChI=1S/C13H16BrNO3/c14-11-1-3-12(4-2-11)18-6-5-15-8-10(9-16)7-13(15)17/h1-4,10,16H,5-9H2. The second-order valence-electron chi connectivity index (χ2n) is 4.39. The molecule has 0 saturated carbocycles. The maximum atomic E-state index is 11.6. The number of benzene rings is 1. The summed E-state index contributed by atoms with van der Waals surface area (Å²) < 4.78 is 6.57. The number of aliphatic hydroxyl groups is 1. The fraction of sp³-hybridized carbons (Fsp3) is 0.462. The average molecular weight is 314 g/mol. The summed E-state index contributed by atoms with van der Waals surface area (Å²) in [6.07, 6.45) is 0.453. The first-order valence-corrected chi connectivity index (χ1v) is 6.75. The number of likely N-dealkylation sites (tertiary alicyclic amines) is 1. The van der Waals surface area contributed by atoms with E-state index in [2.05, 4.69) is 15.9 Å². The molecule has 5 heteroatoms. The summed E-state index contributed by atoms with van der Waals surface area (Å²) in [5.74, 6) is 0.988. The van der Waals surface area contributed by atoms with Crippen LogP contribution in [-0.2, 0) is 4.79 Å². The summed E-state index contributed by atoms with van der Waals surface area (Å²) in [6, 6.07) is 7.59. The van der Waals surface area contributed by atoms with E-state index < -0.39 is 0 Å². The van der Waals surface area contributed by atoms with Gasteiger partial charge >= 0.3 is 0 Å². The van der Waals surface area contributed by atoms with Crippen LogP contribution in [0.2, 0.25) is 0 Å². The van der Waals surface area contributed by atoms with Crippen LogP contribution in [-0.4, -0.2) is 42.2 Å². The van der Waals surface area contributed by atoms with Gasteiger partial charge in [-0.05, 0) is 24.3 Å². The topological polar surface area (TPSA) is 49.8 Å². The first-order valence-electron chi connectivity index (χ1n) is 5.96. The van der Waals surface area contributed by atoms with Crippen molar-refractivity contribution < 1.29 is 14.6 Å². The second-order valence-corrected chi connectivity index (χ2v) is 5.31. The van der Waals surface area contributed by atoms with Crippen LogP contribution in [0.1, 0.15) is 6.42 Å². The predicted molar refractivity (Wildman–Crippen MR) is 71.4 cm³/mol. The van der Waals surface area contributed by atoms with E-state index in [4.69, 9.17) is 9.84 Å². The molecular formula is C13H16BrNO3. The van der Waals surface area contributed by atoms with Crippen LogP contribution in [0.4, 0.5) is 0 Å². The van der Waals surface area contributed by atoms with Crippen molar-refractivity contribution in [2.45, 2.75) is 6.42 Å². The number of hydrogen-bond acceptors (Lipinski definition) is 3. The number of halogens is 1. The van der Waals surface area contributed by atoms with Gasteiger partial charge < -0.3 is 14.7 Å². The Morgan fingerprint density at radius 2 is 2.11 bits per heavy atom. The Hall–Kier alpha value is -1.07. The highest BCUT2D eigenvalue weighted by atomic mass is 79.9. The van der Waals surface area contributed by atoms with Gasteiger partial charge in [0.05, 0.1) is 6.54 Å². The molecule has 1 atom stereocenters. The number of carbonyl (C=O) groups excluding carboxylic acids is 1. The van der Waals surface area contributed by atoms with Gasteiger partial charge in [-0.1, -0.05) is 15.9 Å². The van der Waals surface area contributed by atoms with Crippen molar-refractivity contribution in [1.29, 1.82) is 0 Å². The number of amides is 1. The van der Waals surface area contributed by atoms with Gasteiger partial charge in [-0.2, -0.15) is 0 Å². The third-order valence-electron chi connectivity index (χ3n) is 3.00. The largest absolute Gasteiger partial charge is 0.492 e. The molecule has 1 aromatic rings. The SMILES string of the molecule is O=C1CC(CO)CN1CCOc1ccc(Br)cc1. The van der Waals surface area contributed by atoms with Crippen LogP contribution in [0.25, 0.3) is 0 Å². The first-order chi connectivity index (χ1) is 8.69. The molecule has 0 aromatic heterocycles. The summed E-state index contributed by atoms with van der Waals surface area (Å²) in [4.78, 5) is 13.3. The number of carbonyl (C=O) groups is 1. The molecule has 1 aromatic carbocycles. The molecule has 4 nitrogen and oxygen atoms in total. The summed E-state index contributed by atoms with van der Waals surface area (Å²) in [6.45, 7) is 1.77. The lowest BCUT2D eigenvalue weighted by Gasteiger charge is -2.16. The molecule has 1 aliphatic heterocycles. The monoisotopic (exact) mass is 313 g/mol. The third-order valence-corrected chi connectivity index (χ3v) is 3.53. The van der Waals surface area contributed by atoms with Crippen molar-refractivity contribution in [2.24, 2.45) is 5.92 Å². The van der Waals surface area contributed by atoms with Gasteiger partial charge in [0.1, 0.15) is 12.4 Å². The molecule has 0 bridgehead atoms. The van der Waals surface area contributed by atoms with E-state index in [1.165, 1.54) is 0 Å². The molecule has 1 amide bonds. The summed E-state index contributed by atoms with van der Waals surface area (Å²) >= 11 is 3.36. The van der Waals surface area contributed by atoms with Crippen molar-refractivity contribution in [1.82, 2.24) is 4.90 Å². The highest BCUT2D eigenvalue weighted by Crippen LogP contribution is 2.18. The van der Waals surface area contributed by atoms with E-state index in [1.54, 1.807) is 4.90 Å². The lowest BCUT2D eigenvalue weighted by molar-refractivity contribution is -0.128. The predicted octanol–water partition coefficient (Wildman–Crippen LogP) is 1.67. The summed E-state index contributed by atoms with van der Waals surface area (Å²) in [5, 5.41) is 9.02. The number of nitrogens with zero attached hydrogens (tertiary/aromatic N) is 1. The molecule has 98 valence electrons. The van der Waals surface area contributed by atoms with Gasteiger partial charge in [0.2, 0.25) is 5.91 Å². The van der Waals surface area contributed by atoms with Crippen LogP contribution < -0.4 is 4.74 Å². The van der Waals surface area contributed by atoms with Crippen molar-refractivity contribution >= 4 is 21.8 Å². The minimum absolute atomic E-state index is 0.0792. The van der Waals surface area contributed by atoms with E-state index in [0.717, 1.165) is 10.2 Å². The number of hydrogen-bond donors (Lipinski definition) is 1. The fourth-order valence-corrected chi connectivity index (χ4v) is 2.26. The first kappa shape index (κ1) is 13.4. The van der Waals surface area contributed by atoms with E-state index in [-0.39, 0.29) is 18.4 Å². The average Bonchev–Trinajstić information content (AvgIpc) is 2.73. The van der Waals surface area contributed by atoms with E-state index in [0.29, 0.717) is 26.1 Å². The van der Waals surface area contributed by atoms with Crippen LogP contribution in [0, 0.1) is 5.92 Å². The smallest absolute Gasteiger partial charge is 0.223 e. The second kappa shape index (κ2) is 6.20. The quantitative estimate of drug-likeness (QED) is 0.899.